The number of rotatable bonds is 7. The fourth-order valence-electron chi connectivity index (χ4n) is 2.22. The molecule has 7 heteroatoms. The summed E-state index contributed by atoms with van der Waals surface area (Å²) >= 11 is 8.99. The molecule has 0 spiro atoms. The molecule has 0 radical (unpaired) electrons. The maximum absolute atomic E-state index is 12.2. The van der Waals surface area contributed by atoms with Crippen LogP contribution >= 0.6 is 34.7 Å². The van der Waals surface area contributed by atoms with E-state index in [0.717, 1.165) is 27.0 Å². The standard InChI is InChI=1S/C19H17ClN2O2S2/c1-25-17-8-4-14(5-9-17)21-18(23)10-15-12-26-19(22-15)11-24-16-6-2-13(20)3-7-16/h2-9,12H,10-11H2,1H3,(H,21,23). The van der Waals surface area contributed by atoms with Crippen molar-refractivity contribution in [2.75, 3.05) is 11.6 Å². The van der Waals surface area contributed by atoms with Crippen LogP contribution in [0.15, 0.2) is 58.8 Å². The first-order valence-electron chi connectivity index (χ1n) is 7.88. The van der Waals surface area contributed by atoms with E-state index in [1.54, 1.807) is 23.9 Å². The normalized spacial score (nSPS) is 10.5. The zero-order chi connectivity index (χ0) is 18.4. The first-order valence-corrected chi connectivity index (χ1v) is 10.4. The molecule has 0 saturated heterocycles. The Morgan fingerprint density at radius 1 is 1.19 bits per heavy atom. The Hall–Kier alpha value is -2.02. The van der Waals surface area contributed by atoms with Gasteiger partial charge in [0.2, 0.25) is 5.91 Å². The predicted molar refractivity (Wildman–Crippen MR) is 108 cm³/mol. The van der Waals surface area contributed by atoms with Gasteiger partial charge in [-0.05, 0) is 54.8 Å². The highest BCUT2D eigenvalue weighted by Gasteiger charge is 2.09. The van der Waals surface area contributed by atoms with Crippen molar-refractivity contribution in [3.63, 3.8) is 0 Å². The number of hydrogen-bond acceptors (Lipinski definition) is 5. The maximum Gasteiger partial charge on any atom is 0.230 e. The molecule has 3 rings (SSSR count). The number of carbonyl (C=O) groups is 1. The summed E-state index contributed by atoms with van der Waals surface area (Å²) in [6.45, 7) is 0.365. The van der Waals surface area contributed by atoms with Crippen LogP contribution in [0.4, 0.5) is 5.69 Å². The van der Waals surface area contributed by atoms with Crippen molar-refractivity contribution in [2.24, 2.45) is 0 Å². The third kappa shape index (κ3) is 5.49. The molecule has 1 heterocycles. The van der Waals surface area contributed by atoms with Gasteiger partial charge in [0.05, 0.1) is 12.1 Å². The summed E-state index contributed by atoms with van der Waals surface area (Å²) in [5.74, 6) is 0.648. The number of halogens is 1. The summed E-state index contributed by atoms with van der Waals surface area (Å²) < 4.78 is 5.67. The van der Waals surface area contributed by atoms with Crippen LogP contribution < -0.4 is 10.1 Å². The van der Waals surface area contributed by atoms with E-state index in [1.165, 1.54) is 11.3 Å². The molecule has 0 bridgehead atoms. The summed E-state index contributed by atoms with van der Waals surface area (Å²) in [5.41, 5.74) is 1.53. The van der Waals surface area contributed by atoms with Crippen LogP contribution in [0.3, 0.4) is 0 Å². The van der Waals surface area contributed by atoms with E-state index in [-0.39, 0.29) is 12.3 Å². The molecule has 3 aromatic rings. The Labute approximate surface area is 165 Å². The third-order valence-electron chi connectivity index (χ3n) is 3.49. The van der Waals surface area contributed by atoms with Crippen molar-refractivity contribution in [1.29, 1.82) is 0 Å². The quantitative estimate of drug-likeness (QED) is 0.544. The summed E-state index contributed by atoms with van der Waals surface area (Å²) in [7, 11) is 0. The topological polar surface area (TPSA) is 51.2 Å². The molecule has 1 aromatic heterocycles. The first-order chi connectivity index (χ1) is 12.6. The monoisotopic (exact) mass is 404 g/mol. The number of ether oxygens (including phenoxy) is 1. The summed E-state index contributed by atoms with van der Waals surface area (Å²) in [6.07, 6.45) is 2.26. The molecule has 0 aliphatic carbocycles. The highest BCUT2D eigenvalue weighted by molar-refractivity contribution is 7.98. The predicted octanol–water partition coefficient (Wildman–Crippen LogP) is 5.28. The lowest BCUT2D eigenvalue weighted by atomic mass is 10.3. The minimum absolute atomic E-state index is 0.0858. The molecular weight excluding hydrogens is 388 g/mol. The van der Waals surface area contributed by atoms with Crippen molar-refractivity contribution < 1.29 is 9.53 Å². The Morgan fingerprint density at radius 2 is 1.92 bits per heavy atom. The van der Waals surface area contributed by atoms with Crippen LogP contribution in [-0.4, -0.2) is 17.1 Å². The molecule has 4 nitrogen and oxygen atoms in total. The molecule has 1 N–H and O–H groups in total. The summed E-state index contributed by atoms with van der Waals surface area (Å²) in [4.78, 5) is 17.8. The average Bonchev–Trinajstić information content (AvgIpc) is 3.09. The zero-order valence-electron chi connectivity index (χ0n) is 14.1. The van der Waals surface area contributed by atoms with Crippen molar-refractivity contribution in [1.82, 2.24) is 4.98 Å². The molecule has 0 saturated carbocycles. The highest BCUT2D eigenvalue weighted by atomic mass is 35.5. The first kappa shape index (κ1) is 18.8. The van der Waals surface area contributed by atoms with Crippen molar-refractivity contribution >= 4 is 46.3 Å². The van der Waals surface area contributed by atoms with E-state index in [4.69, 9.17) is 16.3 Å². The Kier molecular flexibility index (Phi) is 6.55. The fourth-order valence-corrected chi connectivity index (χ4v) is 3.46. The molecule has 0 atom stereocenters. The Bertz CT molecular complexity index is 864. The lowest BCUT2D eigenvalue weighted by Crippen LogP contribution is -2.14. The van der Waals surface area contributed by atoms with Crippen LogP contribution in [0, 0.1) is 0 Å². The van der Waals surface area contributed by atoms with Gasteiger partial charge in [0.15, 0.2) is 0 Å². The number of nitrogens with one attached hydrogen (secondary N) is 1. The number of hydrogen-bond donors (Lipinski definition) is 1. The number of aromatic nitrogens is 1. The molecule has 0 aliphatic heterocycles. The molecular formula is C19H17ClN2O2S2. The second-order valence-electron chi connectivity index (χ2n) is 5.43. The smallest absolute Gasteiger partial charge is 0.230 e. The minimum atomic E-state index is -0.0858. The van der Waals surface area contributed by atoms with E-state index >= 15 is 0 Å². The van der Waals surface area contributed by atoms with E-state index in [0.29, 0.717) is 11.6 Å². The van der Waals surface area contributed by atoms with Crippen LogP contribution in [0.2, 0.25) is 5.02 Å². The Morgan fingerprint density at radius 3 is 2.62 bits per heavy atom. The lowest BCUT2D eigenvalue weighted by molar-refractivity contribution is -0.115. The number of benzene rings is 2. The summed E-state index contributed by atoms with van der Waals surface area (Å²) in [5, 5.41) is 6.27. The van der Waals surface area contributed by atoms with Crippen LogP contribution in [0.25, 0.3) is 0 Å². The van der Waals surface area contributed by atoms with Gasteiger partial charge in [0.25, 0.3) is 0 Å². The van der Waals surface area contributed by atoms with E-state index in [2.05, 4.69) is 10.3 Å². The van der Waals surface area contributed by atoms with Crippen LogP contribution in [0.5, 0.6) is 5.75 Å². The molecule has 0 unspecified atom stereocenters. The molecule has 1 amide bonds. The fraction of sp³-hybridized carbons (Fsp3) is 0.158. The van der Waals surface area contributed by atoms with Gasteiger partial charge in [-0.3, -0.25) is 4.79 Å². The van der Waals surface area contributed by atoms with Gasteiger partial charge in [-0.25, -0.2) is 4.98 Å². The maximum atomic E-state index is 12.2. The van der Waals surface area contributed by atoms with Gasteiger partial charge in [-0.2, -0.15) is 0 Å². The average molecular weight is 405 g/mol. The number of amides is 1. The lowest BCUT2D eigenvalue weighted by Gasteiger charge is -2.05. The van der Waals surface area contributed by atoms with Crippen molar-refractivity contribution in [3.8, 4) is 5.75 Å². The van der Waals surface area contributed by atoms with Crippen molar-refractivity contribution in [2.45, 2.75) is 17.9 Å². The summed E-state index contributed by atoms with van der Waals surface area (Å²) in [6, 6.07) is 14.9. The van der Waals surface area contributed by atoms with Gasteiger partial charge in [0.1, 0.15) is 17.4 Å². The highest BCUT2D eigenvalue weighted by Crippen LogP contribution is 2.19. The van der Waals surface area contributed by atoms with Crippen molar-refractivity contribution in [3.05, 3.63) is 69.6 Å². The zero-order valence-corrected chi connectivity index (χ0v) is 16.5. The minimum Gasteiger partial charge on any atom is -0.486 e. The van der Waals surface area contributed by atoms with E-state index in [9.17, 15) is 4.79 Å². The number of nitrogens with zero attached hydrogens (tertiary/aromatic N) is 1. The molecule has 134 valence electrons. The molecule has 0 fully saturated rings. The number of carbonyl (C=O) groups excluding carboxylic acids is 1. The number of anilines is 1. The van der Waals surface area contributed by atoms with Crippen LogP contribution in [0.1, 0.15) is 10.7 Å². The van der Waals surface area contributed by atoms with Crippen LogP contribution in [-0.2, 0) is 17.8 Å². The number of thiazole rings is 1. The van der Waals surface area contributed by atoms with Gasteiger partial charge in [-0.15, -0.1) is 23.1 Å². The Balaban J connectivity index is 1.50. The van der Waals surface area contributed by atoms with Gasteiger partial charge < -0.3 is 10.1 Å². The number of thioether (sulfide) groups is 1. The van der Waals surface area contributed by atoms with E-state index < -0.39 is 0 Å². The molecule has 26 heavy (non-hydrogen) atoms. The second kappa shape index (κ2) is 9.07. The van der Waals surface area contributed by atoms with E-state index in [1.807, 2.05) is 48.0 Å². The van der Waals surface area contributed by atoms with Gasteiger partial charge >= 0.3 is 0 Å². The molecule has 2 aromatic carbocycles. The molecule has 0 aliphatic rings. The van der Waals surface area contributed by atoms with Gasteiger partial charge in [0, 0.05) is 21.0 Å². The SMILES string of the molecule is CSc1ccc(NC(=O)Cc2csc(COc3ccc(Cl)cc3)n2)cc1. The largest absolute Gasteiger partial charge is 0.486 e. The van der Waals surface area contributed by atoms with Gasteiger partial charge in [-0.1, -0.05) is 11.6 Å². The second-order valence-corrected chi connectivity index (χ2v) is 7.69. The third-order valence-corrected chi connectivity index (χ3v) is 5.36.